The maximum absolute atomic E-state index is 11.9. The molecule has 0 atom stereocenters. The van der Waals surface area contributed by atoms with Gasteiger partial charge in [-0.3, -0.25) is 5.32 Å². The molecule has 0 aliphatic heterocycles. The zero-order valence-corrected chi connectivity index (χ0v) is 11.2. The number of hydrogen-bond donors (Lipinski definition) is 1. The number of nitrogens with one attached hydrogen (secondary N) is 1. The summed E-state index contributed by atoms with van der Waals surface area (Å²) in [7, 11) is 0. The molecule has 0 aromatic heterocycles. The highest BCUT2D eigenvalue weighted by atomic mass is 16.6. The van der Waals surface area contributed by atoms with Crippen molar-refractivity contribution in [3.05, 3.63) is 29.3 Å². The summed E-state index contributed by atoms with van der Waals surface area (Å²) in [5.41, 5.74) is 3.00. The summed E-state index contributed by atoms with van der Waals surface area (Å²) in [5, 5.41) is 2.86. The standard InChI is InChI=1S/C15H21NO2/c1-11-7-6-8-12(2)14(11)16-15(17)18-13-9-4-3-5-10-13/h6-8,13H,3-5,9-10H2,1-2H3,(H,16,17). The zero-order chi connectivity index (χ0) is 13.0. The Morgan fingerprint density at radius 1 is 1.17 bits per heavy atom. The molecule has 0 heterocycles. The molecule has 18 heavy (non-hydrogen) atoms. The van der Waals surface area contributed by atoms with Crippen LogP contribution in [0, 0.1) is 13.8 Å². The van der Waals surface area contributed by atoms with Crippen molar-refractivity contribution in [3.8, 4) is 0 Å². The van der Waals surface area contributed by atoms with Crippen molar-refractivity contribution in [2.24, 2.45) is 0 Å². The number of amides is 1. The fraction of sp³-hybridized carbons (Fsp3) is 0.533. The van der Waals surface area contributed by atoms with Crippen LogP contribution in [0.1, 0.15) is 43.2 Å². The monoisotopic (exact) mass is 247 g/mol. The van der Waals surface area contributed by atoms with Gasteiger partial charge in [0.15, 0.2) is 0 Å². The molecule has 2 rings (SSSR count). The van der Waals surface area contributed by atoms with E-state index in [2.05, 4.69) is 5.32 Å². The van der Waals surface area contributed by atoms with Gasteiger partial charge in [-0.1, -0.05) is 24.6 Å². The third kappa shape index (κ3) is 3.25. The molecule has 1 N–H and O–H groups in total. The van der Waals surface area contributed by atoms with Gasteiger partial charge >= 0.3 is 6.09 Å². The van der Waals surface area contributed by atoms with Crippen molar-refractivity contribution in [2.75, 3.05) is 5.32 Å². The van der Waals surface area contributed by atoms with Gasteiger partial charge in [0.25, 0.3) is 0 Å². The Balaban J connectivity index is 1.94. The minimum absolute atomic E-state index is 0.100. The number of rotatable bonds is 2. The van der Waals surface area contributed by atoms with Crippen LogP contribution in [0.4, 0.5) is 10.5 Å². The quantitative estimate of drug-likeness (QED) is 0.851. The first-order valence-corrected chi connectivity index (χ1v) is 6.70. The molecule has 1 aliphatic carbocycles. The molecule has 1 saturated carbocycles. The maximum Gasteiger partial charge on any atom is 0.411 e. The second-order valence-electron chi connectivity index (χ2n) is 5.06. The van der Waals surface area contributed by atoms with Crippen LogP contribution in [0.3, 0.4) is 0 Å². The van der Waals surface area contributed by atoms with Gasteiger partial charge in [0.05, 0.1) is 0 Å². The largest absolute Gasteiger partial charge is 0.446 e. The van der Waals surface area contributed by atoms with Crippen molar-refractivity contribution >= 4 is 11.8 Å². The maximum atomic E-state index is 11.9. The third-order valence-electron chi connectivity index (χ3n) is 3.53. The molecule has 3 heteroatoms. The molecule has 0 bridgehead atoms. The van der Waals surface area contributed by atoms with Gasteiger partial charge in [-0.25, -0.2) is 4.79 Å². The average Bonchev–Trinajstić information content (AvgIpc) is 2.35. The van der Waals surface area contributed by atoms with Crippen molar-refractivity contribution in [3.63, 3.8) is 0 Å². The number of carbonyl (C=O) groups excluding carboxylic acids is 1. The number of carbonyl (C=O) groups is 1. The lowest BCUT2D eigenvalue weighted by Crippen LogP contribution is -2.24. The first-order chi connectivity index (χ1) is 8.66. The Labute approximate surface area is 109 Å². The van der Waals surface area contributed by atoms with Gasteiger partial charge in [-0.15, -0.1) is 0 Å². The molecule has 1 aromatic rings. The molecule has 0 unspecified atom stereocenters. The van der Waals surface area contributed by atoms with E-state index >= 15 is 0 Å². The Hall–Kier alpha value is -1.51. The van der Waals surface area contributed by atoms with Crippen LogP contribution in [-0.4, -0.2) is 12.2 Å². The van der Waals surface area contributed by atoms with Gasteiger partial charge in [0, 0.05) is 5.69 Å². The lowest BCUT2D eigenvalue weighted by atomic mass is 9.98. The van der Waals surface area contributed by atoms with Crippen molar-refractivity contribution in [1.29, 1.82) is 0 Å². The number of benzene rings is 1. The van der Waals surface area contributed by atoms with E-state index < -0.39 is 0 Å². The Morgan fingerprint density at radius 3 is 2.39 bits per heavy atom. The van der Waals surface area contributed by atoms with Crippen molar-refractivity contribution in [1.82, 2.24) is 0 Å². The van der Waals surface area contributed by atoms with E-state index in [-0.39, 0.29) is 12.2 Å². The van der Waals surface area contributed by atoms with Gasteiger partial charge in [0.2, 0.25) is 0 Å². The fourth-order valence-corrected chi connectivity index (χ4v) is 2.48. The Bertz CT molecular complexity index is 402. The van der Waals surface area contributed by atoms with E-state index in [1.54, 1.807) is 0 Å². The highest BCUT2D eigenvalue weighted by molar-refractivity contribution is 5.86. The van der Waals surface area contributed by atoms with Crippen molar-refractivity contribution in [2.45, 2.75) is 52.1 Å². The summed E-state index contributed by atoms with van der Waals surface area (Å²) in [5.74, 6) is 0. The van der Waals surface area contributed by atoms with E-state index in [4.69, 9.17) is 4.74 Å². The Morgan fingerprint density at radius 2 is 1.78 bits per heavy atom. The molecule has 3 nitrogen and oxygen atoms in total. The number of anilines is 1. The summed E-state index contributed by atoms with van der Waals surface area (Å²) in [6.45, 7) is 3.98. The fourth-order valence-electron chi connectivity index (χ4n) is 2.48. The second-order valence-corrected chi connectivity index (χ2v) is 5.06. The van der Waals surface area contributed by atoms with Gasteiger partial charge in [-0.2, -0.15) is 0 Å². The van der Waals surface area contributed by atoms with Crippen LogP contribution >= 0.6 is 0 Å². The molecule has 98 valence electrons. The van der Waals surface area contributed by atoms with Crippen LogP contribution in [0.5, 0.6) is 0 Å². The predicted molar refractivity (Wildman–Crippen MR) is 72.9 cm³/mol. The molecule has 1 amide bonds. The molecule has 0 radical (unpaired) electrons. The van der Waals surface area contributed by atoms with Crippen LogP contribution in [0.15, 0.2) is 18.2 Å². The summed E-state index contributed by atoms with van der Waals surface area (Å²) in [4.78, 5) is 11.9. The van der Waals surface area contributed by atoms with E-state index in [0.717, 1.165) is 29.7 Å². The number of aryl methyl sites for hydroxylation is 2. The van der Waals surface area contributed by atoms with Crippen LogP contribution in [0.25, 0.3) is 0 Å². The van der Waals surface area contributed by atoms with E-state index in [9.17, 15) is 4.79 Å². The molecule has 1 aromatic carbocycles. The Kier molecular flexibility index (Phi) is 4.24. The molecule has 0 spiro atoms. The SMILES string of the molecule is Cc1cccc(C)c1NC(=O)OC1CCCCC1. The van der Waals surface area contributed by atoms with Gasteiger partial charge < -0.3 is 4.74 Å². The molecular formula is C15H21NO2. The number of para-hydroxylation sites is 1. The summed E-state index contributed by atoms with van der Waals surface area (Å²) in [6.07, 6.45) is 5.38. The van der Waals surface area contributed by atoms with E-state index in [0.29, 0.717) is 0 Å². The third-order valence-corrected chi connectivity index (χ3v) is 3.53. The molecule has 0 saturated heterocycles. The normalized spacial score (nSPS) is 16.3. The smallest absolute Gasteiger partial charge is 0.411 e. The van der Waals surface area contributed by atoms with E-state index in [1.807, 2.05) is 32.0 Å². The summed E-state index contributed by atoms with van der Waals surface area (Å²) < 4.78 is 5.46. The number of ether oxygens (including phenoxy) is 1. The molecular weight excluding hydrogens is 226 g/mol. The van der Waals surface area contributed by atoms with Crippen molar-refractivity contribution < 1.29 is 9.53 Å². The summed E-state index contributed by atoms with van der Waals surface area (Å²) in [6, 6.07) is 5.97. The highest BCUT2D eigenvalue weighted by Crippen LogP contribution is 2.23. The lowest BCUT2D eigenvalue weighted by Gasteiger charge is -2.22. The predicted octanol–water partition coefficient (Wildman–Crippen LogP) is 4.18. The van der Waals surface area contributed by atoms with E-state index in [1.165, 1.54) is 19.3 Å². The van der Waals surface area contributed by atoms with Gasteiger partial charge in [-0.05, 0) is 50.7 Å². The van der Waals surface area contributed by atoms with Crippen LogP contribution < -0.4 is 5.32 Å². The lowest BCUT2D eigenvalue weighted by molar-refractivity contribution is 0.0865. The highest BCUT2D eigenvalue weighted by Gasteiger charge is 2.18. The van der Waals surface area contributed by atoms with Crippen LogP contribution in [-0.2, 0) is 4.74 Å². The van der Waals surface area contributed by atoms with Gasteiger partial charge in [0.1, 0.15) is 6.10 Å². The summed E-state index contributed by atoms with van der Waals surface area (Å²) >= 11 is 0. The topological polar surface area (TPSA) is 38.3 Å². The molecule has 1 fully saturated rings. The first-order valence-electron chi connectivity index (χ1n) is 6.70. The second kappa shape index (κ2) is 5.89. The average molecular weight is 247 g/mol. The zero-order valence-electron chi connectivity index (χ0n) is 11.2. The first kappa shape index (κ1) is 12.9. The molecule has 1 aliphatic rings. The number of hydrogen-bond acceptors (Lipinski definition) is 2. The van der Waals surface area contributed by atoms with Crippen LogP contribution in [0.2, 0.25) is 0 Å². The minimum atomic E-state index is -0.320. The minimum Gasteiger partial charge on any atom is -0.446 e.